The molecule has 2 rings (SSSR count). The molecule has 9 heteroatoms. The first-order valence-electron chi connectivity index (χ1n) is 5.53. The van der Waals surface area contributed by atoms with Gasteiger partial charge in [0.25, 0.3) is 5.69 Å². The maximum Gasteiger partial charge on any atom is 0.307 e. The third kappa shape index (κ3) is 3.66. The number of non-ortho nitro benzene ring substituents is 1. The Morgan fingerprint density at radius 1 is 1.43 bits per heavy atom. The second kappa shape index (κ2) is 6.18. The monoisotopic (exact) mass is 353 g/mol. The summed E-state index contributed by atoms with van der Waals surface area (Å²) in [5.74, 6) is -0.747. The Morgan fingerprint density at radius 3 is 2.81 bits per heavy atom. The molecule has 1 amide bonds. The fourth-order valence-corrected chi connectivity index (χ4v) is 1.72. The number of hydrogen-bond donors (Lipinski definition) is 2. The molecule has 21 heavy (non-hydrogen) atoms. The van der Waals surface area contributed by atoms with Crippen molar-refractivity contribution in [3.8, 4) is 5.75 Å². The Labute approximate surface area is 126 Å². The van der Waals surface area contributed by atoms with E-state index in [0.717, 1.165) is 18.3 Å². The molecule has 0 bridgehead atoms. The number of carbonyl (C=O) groups excluding carboxylic acids is 1. The predicted octanol–water partition coefficient (Wildman–Crippen LogP) is 2.42. The number of carbonyl (C=O) groups is 1. The van der Waals surface area contributed by atoms with Crippen molar-refractivity contribution in [2.24, 2.45) is 5.10 Å². The minimum Gasteiger partial charge on any atom is -0.507 e. The van der Waals surface area contributed by atoms with E-state index in [2.05, 4.69) is 26.5 Å². The highest BCUT2D eigenvalue weighted by Gasteiger charge is 2.10. The molecule has 0 unspecified atom stereocenters. The highest BCUT2D eigenvalue weighted by Crippen LogP contribution is 2.21. The van der Waals surface area contributed by atoms with E-state index in [1.165, 1.54) is 12.1 Å². The molecule has 2 aromatic rings. The van der Waals surface area contributed by atoms with Gasteiger partial charge in [0.15, 0.2) is 10.4 Å². The molecule has 1 aromatic carbocycles. The molecule has 0 spiro atoms. The summed E-state index contributed by atoms with van der Waals surface area (Å²) in [6, 6.07) is 6.45. The fraction of sp³-hybridized carbons (Fsp3) is 0. The second-order valence-electron chi connectivity index (χ2n) is 3.80. The number of benzene rings is 1. The lowest BCUT2D eigenvalue weighted by Crippen LogP contribution is -2.16. The number of furan rings is 1. The van der Waals surface area contributed by atoms with Crippen molar-refractivity contribution in [1.82, 2.24) is 5.43 Å². The van der Waals surface area contributed by atoms with Crippen molar-refractivity contribution in [3.63, 3.8) is 0 Å². The van der Waals surface area contributed by atoms with Gasteiger partial charge in [0.05, 0.1) is 11.1 Å². The van der Waals surface area contributed by atoms with Crippen molar-refractivity contribution in [3.05, 3.63) is 56.4 Å². The predicted molar refractivity (Wildman–Crippen MR) is 76.2 cm³/mol. The van der Waals surface area contributed by atoms with Gasteiger partial charge >= 0.3 is 5.91 Å². The van der Waals surface area contributed by atoms with E-state index in [-0.39, 0.29) is 22.8 Å². The largest absolute Gasteiger partial charge is 0.507 e. The number of phenolic OH excluding ortho intramolecular Hbond substituents is 1. The summed E-state index contributed by atoms with van der Waals surface area (Å²) in [5.41, 5.74) is 2.08. The molecule has 0 atom stereocenters. The van der Waals surface area contributed by atoms with Crippen molar-refractivity contribution >= 4 is 33.7 Å². The average molecular weight is 354 g/mol. The lowest BCUT2D eigenvalue weighted by Gasteiger charge is -1.99. The molecule has 1 aromatic heterocycles. The Kier molecular flexibility index (Phi) is 4.33. The Morgan fingerprint density at radius 2 is 2.19 bits per heavy atom. The zero-order chi connectivity index (χ0) is 15.4. The van der Waals surface area contributed by atoms with Gasteiger partial charge in [-0.3, -0.25) is 14.9 Å². The van der Waals surface area contributed by atoms with E-state index in [9.17, 15) is 20.0 Å². The lowest BCUT2D eigenvalue weighted by molar-refractivity contribution is -0.384. The molecule has 2 N–H and O–H groups in total. The molecular weight excluding hydrogens is 346 g/mol. The second-order valence-corrected chi connectivity index (χ2v) is 4.58. The fourth-order valence-electron chi connectivity index (χ4n) is 1.41. The molecule has 0 aliphatic rings. The third-order valence-electron chi connectivity index (χ3n) is 2.39. The normalized spacial score (nSPS) is 10.7. The van der Waals surface area contributed by atoms with Gasteiger partial charge in [-0.25, -0.2) is 5.43 Å². The molecule has 0 saturated carbocycles. The van der Waals surface area contributed by atoms with Gasteiger partial charge in [-0.1, -0.05) is 0 Å². The zero-order valence-corrected chi connectivity index (χ0v) is 11.9. The summed E-state index contributed by atoms with van der Waals surface area (Å²) >= 11 is 3.05. The van der Waals surface area contributed by atoms with Crippen molar-refractivity contribution in [2.75, 3.05) is 0 Å². The number of phenols is 1. The maximum absolute atomic E-state index is 11.6. The Bertz CT molecular complexity index is 725. The zero-order valence-electron chi connectivity index (χ0n) is 10.3. The minimum absolute atomic E-state index is 0.0438. The van der Waals surface area contributed by atoms with Crippen LogP contribution in [0, 0.1) is 10.1 Å². The smallest absolute Gasteiger partial charge is 0.307 e. The molecule has 1 heterocycles. The van der Waals surface area contributed by atoms with E-state index >= 15 is 0 Å². The highest BCUT2D eigenvalue weighted by atomic mass is 79.9. The van der Waals surface area contributed by atoms with E-state index in [0.29, 0.717) is 4.67 Å². The van der Waals surface area contributed by atoms with Crippen molar-refractivity contribution in [1.29, 1.82) is 0 Å². The van der Waals surface area contributed by atoms with Gasteiger partial charge in [0.2, 0.25) is 0 Å². The van der Waals surface area contributed by atoms with Crippen LogP contribution in [0.2, 0.25) is 0 Å². The molecule has 0 aliphatic heterocycles. The molecule has 0 fully saturated rings. The number of nitro benzene ring substituents is 1. The van der Waals surface area contributed by atoms with Gasteiger partial charge in [0.1, 0.15) is 5.75 Å². The molecular formula is C12H8BrN3O5. The van der Waals surface area contributed by atoms with Crippen molar-refractivity contribution in [2.45, 2.75) is 0 Å². The van der Waals surface area contributed by atoms with E-state index < -0.39 is 10.8 Å². The summed E-state index contributed by atoms with van der Waals surface area (Å²) in [4.78, 5) is 21.6. The van der Waals surface area contributed by atoms with E-state index in [4.69, 9.17) is 4.42 Å². The molecule has 8 nitrogen and oxygen atoms in total. The number of nitro groups is 1. The van der Waals surface area contributed by atoms with Gasteiger partial charge in [-0.05, 0) is 34.1 Å². The first-order valence-corrected chi connectivity index (χ1v) is 6.33. The van der Waals surface area contributed by atoms with Crippen LogP contribution in [-0.2, 0) is 0 Å². The summed E-state index contributed by atoms with van der Waals surface area (Å²) in [5, 5.41) is 23.8. The SMILES string of the molecule is O=C(N/N=C/c1cc([N+](=O)[O-])ccc1O)c1ccc(Br)o1. The maximum atomic E-state index is 11.6. The average Bonchev–Trinajstić information content (AvgIpc) is 2.87. The van der Waals surface area contributed by atoms with Crippen LogP contribution in [0.25, 0.3) is 0 Å². The number of nitrogens with zero attached hydrogens (tertiary/aromatic N) is 2. The van der Waals surface area contributed by atoms with Crippen LogP contribution >= 0.6 is 15.9 Å². The van der Waals surface area contributed by atoms with Crippen molar-refractivity contribution < 1.29 is 19.2 Å². The number of aromatic hydroxyl groups is 1. The van der Waals surface area contributed by atoms with E-state index in [1.807, 2.05) is 0 Å². The summed E-state index contributed by atoms with van der Waals surface area (Å²) in [6.45, 7) is 0. The van der Waals surface area contributed by atoms with Crippen LogP contribution in [-0.4, -0.2) is 22.2 Å². The summed E-state index contributed by atoms with van der Waals surface area (Å²) in [7, 11) is 0. The number of nitrogens with one attached hydrogen (secondary N) is 1. The minimum atomic E-state index is -0.601. The van der Waals surface area contributed by atoms with E-state index in [1.54, 1.807) is 6.07 Å². The summed E-state index contributed by atoms with van der Waals surface area (Å²) < 4.78 is 5.41. The Hall–Kier alpha value is -2.68. The number of amides is 1. The summed E-state index contributed by atoms with van der Waals surface area (Å²) in [6.07, 6.45) is 1.10. The quantitative estimate of drug-likeness (QED) is 0.497. The first kappa shape index (κ1) is 14.7. The first-order chi connectivity index (χ1) is 9.97. The number of hydrazone groups is 1. The van der Waals surface area contributed by atoms with Crippen LogP contribution < -0.4 is 5.43 Å². The molecule has 108 valence electrons. The lowest BCUT2D eigenvalue weighted by atomic mass is 10.2. The number of halogens is 1. The number of hydrogen-bond acceptors (Lipinski definition) is 6. The van der Waals surface area contributed by atoms with Crippen LogP contribution in [0.5, 0.6) is 5.75 Å². The van der Waals surface area contributed by atoms with Crippen LogP contribution in [0.3, 0.4) is 0 Å². The molecule has 0 aliphatic carbocycles. The van der Waals surface area contributed by atoms with Crippen LogP contribution in [0.4, 0.5) is 5.69 Å². The standard InChI is InChI=1S/C12H8BrN3O5/c13-11-4-3-10(21-11)12(18)15-14-6-7-5-8(16(19)20)1-2-9(7)17/h1-6,17H,(H,15,18)/b14-6+. The van der Waals surface area contributed by atoms with Gasteiger partial charge < -0.3 is 9.52 Å². The highest BCUT2D eigenvalue weighted by molar-refractivity contribution is 9.10. The molecule has 0 saturated heterocycles. The topological polar surface area (TPSA) is 118 Å². The molecule has 0 radical (unpaired) electrons. The third-order valence-corrected chi connectivity index (χ3v) is 2.81. The number of rotatable bonds is 4. The van der Waals surface area contributed by atoms with Gasteiger partial charge in [0, 0.05) is 17.7 Å². The van der Waals surface area contributed by atoms with Gasteiger partial charge in [-0.2, -0.15) is 5.10 Å². The van der Waals surface area contributed by atoms with Crippen LogP contribution in [0.15, 0.2) is 44.5 Å². The van der Waals surface area contributed by atoms with Gasteiger partial charge in [-0.15, -0.1) is 0 Å². The van der Waals surface area contributed by atoms with Crippen LogP contribution in [0.1, 0.15) is 16.1 Å². The Balaban J connectivity index is 2.09.